The first-order valence-corrected chi connectivity index (χ1v) is 7.21. The van der Waals surface area contributed by atoms with Crippen molar-refractivity contribution in [2.24, 2.45) is 0 Å². The van der Waals surface area contributed by atoms with Gasteiger partial charge in [0.05, 0.1) is 18.3 Å². The van der Waals surface area contributed by atoms with Crippen LogP contribution in [0.15, 0.2) is 12.4 Å². The van der Waals surface area contributed by atoms with E-state index >= 15 is 0 Å². The number of carbonyl (C=O) groups is 1. The van der Waals surface area contributed by atoms with Crippen LogP contribution in [-0.4, -0.2) is 25.7 Å². The van der Waals surface area contributed by atoms with Crippen molar-refractivity contribution in [1.82, 2.24) is 14.6 Å². The van der Waals surface area contributed by atoms with Gasteiger partial charge in [0.2, 0.25) is 0 Å². The molecule has 1 unspecified atom stereocenters. The summed E-state index contributed by atoms with van der Waals surface area (Å²) in [6, 6.07) is 0. The van der Waals surface area contributed by atoms with Crippen molar-refractivity contribution in [2.75, 3.05) is 0 Å². The lowest BCUT2D eigenvalue weighted by Crippen LogP contribution is -2.15. The average Bonchev–Trinajstić information content (AvgIpc) is 2.99. The largest absolute Gasteiger partial charge is 0.481 e. The summed E-state index contributed by atoms with van der Waals surface area (Å²) in [7, 11) is 0. The highest BCUT2D eigenvalue weighted by Gasteiger charge is 2.43. The second-order valence-corrected chi connectivity index (χ2v) is 5.69. The lowest BCUT2D eigenvalue weighted by atomic mass is 9.86. The van der Waals surface area contributed by atoms with Crippen LogP contribution in [-0.2, 0) is 10.2 Å². The van der Waals surface area contributed by atoms with Gasteiger partial charge in [-0.1, -0.05) is 27.7 Å². The minimum Gasteiger partial charge on any atom is -0.481 e. The Balaban J connectivity index is 0.000000847. The smallest absolute Gasteiger partial charge is 0.311 e. The Kier molecular flexibility index (Phi) is 4.17. The molecule has 1 N–H and O–H groups in total. The normalized spacial score (nSPS) is 19.0. The molecule has 22 heavy (non-hydrogen) atoms. The van der Waals surface area contributed by atoms with Gasteiger partial charge in [0.1, 0.15) is 5.69 Å². The van der Waals surface area contributed by atoms with Gasteiger partial charge in [0.15, 0.2) is 5.65 Å². The van der Waals surface area contributed by atoms with Gasteiger partial charge in [-0.05, 0) is 17.4 Å². The van der Waals surface area contributed by atoms with E-state index in [0.29, 0.717) is 23.2 Å². The fourth-order valence-corrected chi connectivity index (χ4v) is 2.97. The zero-order valence-corrected chi connectivity index (χ0v) is 13.0. The molecule has 5 nitrogen and oxygen atoms in total. The summed E-state index contributed by atoms with van der Waals surface area (Å²) < 4.78 is 26.8. The molecule has 0 saturated carbocycles. The molecule has 0 radical (unpaired) electrons. The number of carboxylic acids is 1. The van der Waals surface area contributed by atoms with Crippen LogP contribution in [0.3, 0.4) is 0 Å². The van der Waals surface area contributed by atoms with Crippen molar-refractivity contribution in [2.45, 2.75) is 51.9 Å². The van der Waals surface area contributed by atoms with E-state index < -0.39 is 23.7 Å². The molecule has 1 aliphatic rings. The predicted molar refractivity (Wildman–Crippen MR) is 77.3 cm³/mol. The number of aromatic nitrogens is 3. The third-order valence-electron chi connectivity index (χ3n) is 3.83. The van der Waals surface area contributed by atoms with Crippen LogP contribution in [0, 0.1) is 0 Å². The predicted octanol–water partition coefficient (Wildman–Crippen LogP) is 3.54. The van der Waals surface area contributed by atoms with Crippen LogP contribution in [0.25, 0.3) is 5.65 Å². The van der Waals surface area contributed by atoms with Gasteiger partial charge in [-0.25, -0.2) is 18.3 Å². The molecule has 1 aliphatic carbocycles. The van der Waals surface area contributed by atoms with Gasteiger partial charge in [-0.2, -0.15) is 5.10 Å². The number of aliphatic carboxylic acids is 1. The number of nitrogens with zero attached hydrogens (tertiary/aromatic N) is 3. The molecule has 7 heteroatoms. The van der Waals surface area contributed by atoms with E-state index in [1.165, 1.54) is 16.9 Å². The molecule has 3 rings (SSSR count). The summed E-state index contributed by atoms with van der Waals surface area (Å²) >= 11 is 0. The highest BCUT2D eigenvalue weighted by molar-refractivity contribution is 5.80. The fourth-order valence-electron chi connectivity index (χ4n) is 2.97. The van der Waals surface area contributed by atoms with Crippen LogP contribution < -0.4 is 0 Å². The second-order valence-electron chi connectivity index (χ2n) is 5.69. The molecule has 2 heterocycles. The van der Waals surface area contributed by atoms with E-state index in [4.69, 9.17) is 0 Å². The van der Waals surface area contributed by atoms with E-state index in [1.807, 2.05) is 27.7 Å². The first-order chi connectivity index (χ1) is 10.3. The molecular formula is C15H19F2N3O2. The highest BCUT2D eigenvalue weighted by Crippen LogP contribution is 2.47. The number of alkyl halides is 2. The molecular weight excluding hydrogens is 292 g/mol. The summed E-state index contributed by atoms with van der Waals surface area (Å²) in [5, 5.41) is 13.3. The Bertz CT molecular complexity index is 710. The maximum atomic E-state index is 12.8. The summed E-state index contributed by atoms with van der Waals surface area (Å²) in [6.07, 6.45) is 0.375. The third-order valence-corrected chi connectivity index (χ3v) is 3.83. The molecule has 0 aliphatic heterocycles. The zero-order valence-electron chi connectivity index (χ0n) is 13.0. The van der Waals surface area contributed by atoms with Crippen LogP contribution in [0.4, 0.5) is 8.78 Å². The van der Waals surface area contributed by atoms with Crippen LogP contribution in [0.2, 0.25) is 0 Å². The number of rotatable bonds is 2. The number of hydrogen-bond acceptors (Lipinski definition) is 3. The SMILES string of the molecule is CC.CC1(C)CC(C(=O)O)c2cnn3cc(C(F)F)nc3c21. The molecule has 2 aromatic rings. The minimum atomic E-state index is -2.67. The van der Waals surface area contributed by atoms with Crippen molar-refractivity contribution in [1.29, 1.82) is 0 Å². The molecule has 0 amide bonds. The van der Waals surface area contributed by atoms with Crippen molar-refractivity contribution < 1.29 is 18.7 Å². The van der Waals surface area contributed by atoms with Crippen molar-refractivity contribution >= 4 is 11.6 Å². The number of carboxylic acid groups (broad SMARTS) is 1. The van der Waals surface area contributed by atoms with Crippen molar-refractivity contribution in [3.8, 4) is 0 Å². The summed E-state index contributed by atoms with van der Waals surface area (Å²) in [6.45, 7) is 7.79. The monoisotopic (exact) mass is 311 g/mol. The zero-order chi connectivity index (χ0) is 16.7. The lowest BCUT2D eigenvalue weighted by molar-refractivity contribution is -0.139. The Morgan fingerprint density at radius 2 is 2.09 bits per heavy atom. The van der Waals surface area contributed by atoms with Gasteiger partial charge >= 0.3 is 5.97 Å². The molecule has 0 spiro atoms. The van der Waals surface area contributed by atoms with Gasteiger partial charge in [0, 0.05) is 5.56 Å². The van der Waals surface area contributed by atoms with Crippen LogP contribution in [0.5, 0.6) is 0 Å². The maximum Gasteiger partial charge on any atom is 0.311 e. The van der Waals surface area contributed by atoms with Gasteiger partial charge in [-0.15, -0.1) is 0 Å². The topological polar surface area (TPSA) is 67.5 Å². The van der Waals surface area contributed by atoms with Crippen molar-refractivity contribution in [3.63, 3.8) is 0 Å². The summed E-state index contributed by atoms with van der Waals surface area (Å²) in [5.41, 5.74) is 0.813. The minimum absolute atomic E-state index is 0.326. The Labute approximate surface area is 127 Å². The molecule has 0 fully saturated rings. The van der Waals surface area contributed by atoms with E-state index in [0.717, 1.165) is 0 Å². The molecule has 0 saturated heterocycles. The van der Waals surface area contributed by atoms with E-state index in [1.54, 1.807) is 0 Å². The number of imidazole rings is 1. The van der Waals surface area contributed by atoms with E-state index in [2.05, 4.69) is 10.1 Å². The first kappa shape index (κ1) is 16.3. The average molecular weight is 311 g/mol. The summed E-state index contributed by atoms with van der Waals surface area (Å²) in [5.74, 6) is -1.59. The Morgan fingerprint density at radius 1 is 1.45 bits per heavy atom. The Morgan fingerprint density at radius 3 is 2.64 bits per heavy atom. The molecule has 120 valence electrons. The van der Waals surface area contributed by atoms with Crippen LogP contribution in [0.1, 0.15) is 63.3 Å². The standard InChI is InChI=1S/C13H13F2N3O2.C2H6/c1-13(2)3-6(12(19)20)7-4-16-18-5-8(10(14)15)17-11(18)9(7)13;1-2/h4-6,10H,3H2,1-2H3,(H,19,20);1-2H3. The third kappa shape index (κ3) is 2.44. The first-order valence-electron chi connectivity index (χ1n) is 7.21. The molecule has 0 aromatic carbocycles. The molecule has 1 atom stereocenters. The van der Waals surface area contributed by atoms with Crippen molar-refractivity contribution in [3.05, 3.63) is 29.2 Å². The van der Waals surface area contributed by atoms with E-state index in [9.17, 15) is 18.7 Å². The number of fused-ring (bicyclic) bond motifs is 3. The molecule has 0 bridgehead atoms. The second kappa shape index (κ2) is 5.62. The molecule has 2 aromatic heterocycles. The van der Waals surface area contributed by atoms with E-state index in [-0.39, 0.29) is 5.69 Å². The fraction of sp³-hybridized carbons (Fsp3) is 0.533. The van der Waals surface area contributed by atoms with Crippen LogP contribution >= 0.6 is 0 Å². The van der Waals surface area contributed by atoms with Gasteiger partial charge < -0.3 is 5.11 Å². The highest BCUT2D eigenvalue weighted by atomic mass is 19.3. The lowest BCUT2D eigenvalue weighted by Gasteiger charge is -2.18. The Hall–Kier alpha value is -2.05. The maximum absolute atomic E-state index is 12.8. The van der Waals surface area contributed by atoms with Gasteiger partial charge in [0.25, 0.3) is 6.43 Å². The summed E-state index contributed by atoms with van der Waals surface area (Å²) in [4.78, 5) is 15.3. The number of halogens is 2. The number of hydrogen-bond donors (Lipinski definition) is 1. The van der Waals surface area contributed by atoms with Gasteiger partial charge in [-0.3, -0.25) is 4.79 Å². The quantitative estimate of drug-likeness (QED) is 0.921.